The molecule has 1 aromatic rings. The molecule has 0 aliphatic carbocycles. The van der Waals surface area contributed by atoms with Crippen LogP contribution in [0.2, 0.25) is 0 Å². The zero-order valence-electron chi connectivity index (χ0n) is 7.87. The molecule has 13 heavy (non-hydrogen) atoms. The quantitative estimate of drug-likeness (QED) is 0.704. The maximum atomic E-state index is 5.34. The van der Waals surface area contributed by atoms with Crippen LogP contribution in [0.4, 0.5) is 0 Å². The Balaban J connectivity index is 2.86. The summed E-state index contributed by atoms with van der Waals surface area (Å²) in [5, 5.41) is 3.03. The second-order valence-corrected chi connectivity index (χ2v) is 2.66. The second kappa shape index (κ2) is 4.54. The molecule has 0 aromatic heterocycles. The molecule has 0 aliphatic heterocycles. The smallest absolute Gasteiger partial charge is 0.118 e. The third-order valence-electron chi connectivity index (χ3n) is 1.90. The molecule has 68 valence electrons. The predicted octanol–water partition coefficient (Wildman–Crippen LogP) is 1.59. The van der Waals surface area contributed by atoms with Crippen LogP contribution in [0.25, 0.3) is 0 Å². The minimum absolute atomic E-state index is 0.0223. The summed E-state index contributed by atoms with van der Waals surface area (Å²) in [5.41, 5.74) is 1.07. The molecule has 2 heteroatoms. The van der Waals surface area contributed by atoms with Crippen molar-refractivity contribution in [3.8, 4) is 18.1 Å². The molecule has 0 radical (unpaired) electrons. The first kappa shape index (κ1) is 9.63. The number of nitrogens with one attached hydrogen (secondary N) is 1. The lowest BCUT2D eigenvalue weighted by atomic mass is 10.1. The number of hydrogen-bond acceptors (Lipinski definition) is 2. The molecule has 0 saturated heterocycles. The van der Waals surface area contributed by atoms with Gasteiger partial charge in [0.2, 0.25) is 0 Å². The molecule has 0 fully saturated rings. The van der Waals surface area contributed by atoms with Crippen molar-refractivity contribution in [2.45, 2.75) is 6.04 Å². The SMILES string of the molecule is C#CC(NC)c1ccc(OC)cc1. The molecule has 0 saturated carbocycles. The van der Waals surface area contributed by atoms with Gasteiger partial charge in [0.05, 0.1) is 13.2 Å². The zero-order valence-corrected chi connectivity index (χ0v) is 7.87. The summed E-state index contributed by atoms with van der Waals surface area (Å²) in [7, 11) is 3.49. The summed E-state index contributed by atoms with van der Waals surface area (Å²) in [4.78, 5) is 0. The topological polar surface area (TPSA) is 21.3 Å². The molecule has 0 heterocycles. The van der Waals surface area contributed by atoms with E-state index < -0.39 is 0 Å². The van der Waals surface area contributed by atoms with Crippen molar-refractivity contribution in [2.24, 2.45) is 0 Å². The Morgan fingerprint density at radius 3 is 2.38 bits per heavy atom. The highest BCUT2D eigenvalue weighted by Gasteiger charge is 2.03. The summed E-state index contributed by atoms with van der Waals surface area (Å²) in [6, 6.07) is 7.69. The molecule has 1 N–H and O–H groups in total. The Morgan fingerprint density at radius 2 is 2.00 bits per heavy atom. The average molecular weight is 175 g/mol. The minimum atomic E-state index is -0.0223. The molecule has 0 amide bonds. The molecule has 1 unspecified atom stereocenters. The molecule has 0 bridgehead atoms. The molecule has 1 aromatic carbocycles. The van der Waals surface area contributed by atoms with Crippen LogP contribution in [-0.2, 0) is 0 Å². The van der Waals surface area contributed by atoms with E-state index in [4.69, 9.17) is 11.2 Å². The number of terminal acetylenes is 1. The fourth-order valence-corrected chi connectivity index (χ4v) is 1.14. The van der Waals surface area contributed by atoms with E-state index in [0.717, 1.165) is 11.3 Å². The van der Waals surface area contributed by atoms with Gasteiger partial charge < -0.3 is 10.1 Å². The molecule has 1 atom stereocenters. The van der Waals surface area contributed by atoms with Gasteiger partial charge in [-0.25, -0.2) is 0 Å². The first-order valence-electron chi connectivity index (χ1n) is 4.09. The monoisotopic (exact) mass is 175 g/mol. The Bertz CT molecular complexity index is 297. The summed E-state index contributed by atoms with van der Waals surface area (Å²) in [6.45, 7) is 0. The number of methoxy groups -OCH3 is 1. The van der Waals surface area contributed by atoms with E-state index in [9.17, 15) is 0 Å². The fourth-order valence-electron chi connectivity index (χ4n) is 1.14. The number of hydrogen-bond donors (Lipinski definition) is 1. The van der Waals surface area contributed by atoms with Gasteiger partial charge in [-0.15, -0.1) is 6.42 Å². The van der Waals surface area contributed by atoms with Gasteiger partial charge in [-0.2, -0.15) is 0 Å². The van der Waals surface area contributed by atoms with Gasteiger partial charge in [0, 0.05) is 0 Å². The van der Waals surface area contributed by atoms with E-state index in [2.05, 4.69) is 11.2 Å². The Morgan fingerprint density at radius 1 is 1.38 bits per heavy atom. The maximum absolute atomic E-state index is 5.34. The van der Waals surface area contributed by atoms with Crippen LogP contribution in [0.15, 0.2) is 24.3 Å². The van der Waals surface area contributed by atoms with Gasteiger partial charge in [0.15, 0.2) is 0 Å². The second-order valence-electron chi connectivity index (χ2n) is 2.66. The minimum Gasteiger partial charge on any atom is -0.497 e. The van der Waals surface area contributed by atoms with E-state index in [0.29, 0.717) is 0 Å². The molecule has 1 rings (SSSR count). The largest absolute Gasteiger partial charge is 0.497 e. The van der Waals surface area contributed by atoms with Crippen LogP contribution in [0.1, 0.15) is 11.6 Å². The molecule has 2 nitrogen and oxygen atoms in total. The highest BCUT2D eigenvalue weighted by Crippen LogP contribution is 2.16. The summed E-state index contributed by atoms with van der Waals surface area (Å²) in [6.07, 6.45) is 5.34. The van der Waals surface area contributed by atoms with Crippen molar-refractivity contribution in [3.63, 3.8) is 0 Å². The normalized spacial score (nSPS) is 11.8. The van der Waals surface area contributed by atoms with Gasteiger partial charge in [-0.1, -0.05) is 18.1 Å². The van der Waals surface area contributed by atoms with E-state index in [1.165, 1.54) is 0 Å². The Labute approximate surface area is 78.9 Å². The van der Waals surface area contributed by atoms with Gasteiger partial charge in [0.25, 0.3) is 0 Å². The Hall–Kier alpha value is -1.46. The van der Waals surface area contributed by atoms with Gasteiger partial charge >= 0.3 is 0 Å². The van der Waals surface area contributed by atoms with Crippen molar-refractivity contribution < 1.29 is 4.74 Å². The van der Waals surface area contributed by atoms with Crippen LogP contribution in [0.3, 0.4) is 0 Å². The highest BCUT2D eigenvalue weighted by atomic mass is 16.5. The fraction of sp³-hybridized carbons (Fsp3) is 0.273. The highest BCUT2D eigenvalue weighted by molar-refractivity contribution is 5.32. The predicted molar refractivity (Wildman–Crippen MR) is 53.6 cm³/mol. The van der Waals surface area contributed by atoms with Crippen LogP contribution < -0.4 is 10.1 Å². The van der Waals surface area contributed by atoms with Crippen molar-refractivity contribution in [1.29, 1.82) is 0 Å². The van der Waals surface area contributed by atoms with Crippen molar-refractivity contribution in [3.05, 3.63) is 29.8 Å². The lowest BCUT2D eigenvalue weighted by Gasteiger charge is -2.09. The first-order chi connectivity index (χ1) is 6.31. The van der Waals surface area contributed by atoms with Crippen LogP contribution in [-0.4, -0.2) is 14.2 Å². The van der Waals surface area contributed by atoms with Gasteiger partial charge in [0.1, 0.15) is 5.75 Å². The molecular formula is C11H13NO. The van der Waals surface area contributed by atoms with E-state index in [1.54, 1.807) is 7.11 Å². The van der Waals surface area contributed by atoms with Gasteiger partial charge in [-0.05, 0) is 24.7 Å². The van der Waals surface area contributed by atoms with Crippen LogP contribution in [0, 0.1) is 12.3 Å². The van der Waals surface area contributed by atoms with E-state index >= 15 is 0 Å². The van der Waals surface area contributed by atoms with E-state index in [-0.39, 0.29) is 6.04 Å². The molecule has 0 spiro atoms. The molecule has 0 aliphatic rings. The maximum Gasteiger partial charge on any atom is 0.118 e. The Kier molecular flexibility index (Phi) is 3.36. The van der Waals surface area contributed by atoms with Crippen LogP contribution in [0.5, 0.6) is 5.75 Å². The number of ether oxygens (including phenoxy) is 1. The molecular weight excluding hydrogens is 162 g/mol. The summed E-state index contributed by atoms with van der Waals surface area (Å²) < 4.78 is 5.04. The summed E-state index contributed by atoms with van der Waals surface area (Å²) >= 11 is 0. The zero-order chi connectivity index (χ0) is 9.68. The first-order valence-corrected chi connectivity index (χ1v) is 4.09. The summed E-state index contributed by atoms with van der Waals surface area (Å²) in [5.74, 6) is 3.50. The standard InChI is InChI=1S/C11H13NO/c1-4-11(12-2)9-5-7-10(13-3)8-6-9/h1,5-8,11-12H,2-3H3. The van der Waals surface area contributed by atoms with Crippen molar-refractivity contribution in [2.75, 3.05) is 14.2 Å². The van der Waals surface area contributed by atoms with Crippen LogP contribution >= 0.6 is 0 Å². The average Bonchev–Trinajstić information content (AvgIpc) is 2.21. The number of benzene rings is 1. The van der Waals surface area contributed by atoms with Crippen molar-refractivity contribution in [1.82, 2.24) is 5.32 Å². The third kappa shape index (κ3) is 2.24. The lowest BCUT2D eigenvalue weighted by molar-refractivity contribution is 0.414. The third-order valence-corrected chi connectivity index (χ3v) is 1.90. The lowest BCUT2D eigenvalue weighted by Crippen LogP contribution is -2.13. The number of rotatable bonds is 3. The van der Waals surface area contributed by atoms with E-state index in [1.807, 2.05) is 31.3 Å². The van der Waals surface area contributed by atoms with Crippen molar-refractivity contribution >= 4 is 0 Å². The van der Waals surface area contributed by atoms with Gasteiger partial charge in [-0.3, -0.25) is 0 Å².